The first kappa shape index (κ1) is 14.5. The molecular weight excluding hydrogens is 301 g/mol. The van der Waals surface area contributed by atoms with E-state index in [0.717, 1.165) is 9.80 Å². The quantitative estimate of drug-likeness (QED) is 0.816. The first-order valence-corrected chi connectivity index (χ1v) is 7.45. The van der Waals surface area contributed by atoms with E-state index < -0.39 is 0 Å². The van der Waals surface area contributed by atoms with Crippen LogP contribution in [0.4, 0.5) is 4.39 Å². The molecule has 0 spiro atoms. The molecule has 5 heteroatoms. The number of hydrogen-bond donors (Lipinski definition) is 0. The Balaban J connectivity index is 2.08. The number of carbonyl (C=O) groups is 2. The minimum atomic E-state index is -0.383. The highest BCUT2D eigenvalue weighted by Gasteiger charge is 2.36. The maximum Gasteiger partial charge on any atom is 0.268 e. The Bertz CT molecular complexity index is 769. The van der Waals surface area contributed by atoms with Gasteiger partial charge < -0.3 is 0 Å². The molecule has 22 heavy (non-hydrogen) atoms. The summed E-state index contributed by atoms with van der Waals surface area (Å²) in [7, 11) is 1.45. The van der Waals surface area contributed by atoms with Crippen molar-refractivity contribution >= 4 is 29.1 Å². The van der Waals surface area contributed by atoms with Crippen LogP contribution < -0.4 is 0 Å². The summed E-state index contributed by atoms with van der Waals surface area (Å²) in [5, 5.41) is 0. The Labute approximate surface area is 131 Å². The average molecular weight is 313 g/mol. The summed E-state index contributed by atoms with van der Waals surface area (Å²) in [5.41, 5.74) is 0.865. The number of amides is 2. The molecule has 0 fully saturated rings. The van der Waals surface area contributed by atoms with Crippen LogP contribution >= 0.6 is 11.8 Å². The molecule has 0 atom stereocenters. The Morgan fingerprint density at radius 2 is 1.55 bits per heavy atom. The third-order valence-electron chi connectivity index (χ3n) is 3.34. The van der Waals surface area contributed by atoms with Gasteiger partial charge in [0.05, 0.1) is 10.5 Å². The van der Waals surface area contributed by atoms with E-state index in [9.17, 15) is 14.0 Å². The molecule has 0 aliphatic carbocycles. The fourth-order valence-corrected chi connectivity index (χ4v) is 3.25. The van der Waals surface area contributed by atoms with Crippen LogP contribution in [-0.4, -0.2) is 23.8 Å². The van der Waals surface area contributed by atoms with Crippen molar-refractivity contribution in [2.45, 2.75) is 4.90 Å². The van der Waals surface area contributed by atoms with Crippen LogP contribution in [-0.2, 0) is 9.59 Å². The zero-order valence-corrected chi connectivity index (χ0v) is 12.6. The lowest BCUT2D eigenvalue weighted by atomic mass is 10.1. The van der Waals surface area contributed by atoms with Crippen LogP contribution in [0.2, 0.25) is 0 Å². The molecule has 1 aliphatic heterocycles. The summed E-state index contributed by atoms with van der Waals surface area (Å²) >= 11 is 1.25. The van der Waals surface area contributed by atoms with Gasteiger partial charge >= 0.3 is 0 Å². The van der Waals surface area contributed by atoms with Gasteiger partial charge in [-0.15, -0.1) is 0 Å². The number of carbonyl (C=O) groups excluding carboxylic acids is 2. The van der Waals surface area contributed by atoms with Gasteiger partial charge in [-0.2, -0.15) is 0 Å². The zero-order chi connectivity index (χ0) is 15.7. The van der Waals surface area contributed by atoms with E-state index in [0.29, 0.717) is 16.0 Å². The van der Waals surface area contributed by atoms with Gasteiger partial charge in [0.25, 0.3) is 11.8 Å². The summed E-state index contributed by atoms with van der Waals surface area (Å²) in [6.07, 6.45) is 0. The fourth-order valence-electron chi connectivity index (χ4n) is 2.19. The molecule has 110 valence electrons. The van der Waals surface area contributed by atoms with Gasteiger partial charge in [0.2, 0.25) is 0 Å². The first-order chi connectivity index (χ1) is 10.6. The van der Waals surface area contributed by atoms with E-state index in [1.165, 1.54) is 43.1 Å². The molecule has 1 aliphatic rings. The van der Waals surface area contributed by atoms with Crippen LogP contribution in [0.5, 0.6) is 0 Å². The topological polar surface area (TPSA) is 37.4 Å². The first-order valence-electron chi connectivity index (χ1n) is 6.63. The number of halogens is 1. The molecule has 2 aromatic rings. The number of benzene rings is 2. The molecule has 3 rings (SSSR count). The Kier molecular flexibility index (Phi) is 3.81. The predicted molar refractivity (Wildman–Crippen MR) is 83.4 cm³/mol. The number of nitrogens with zero attached hydrogens (tertiary/aromatic N) is 1. The smallest absolute Gasteiger partial charge is 0.268 e. The molecular formula is C17H12FNO2S. The van der Waals surface area contributed by atoms with Gasteiger partial charge in [-0.25, -0.2) is 4.39 Å². The normalized spacial score (nSPS) is 14.9. The summed E-state index contributed by atoms with van der Waals surface area (Å²) in [5.74, 6) is -1.08. The van der Waals surface area contributed by atoms with Crippen LogP contribution in [0, 0.1) is 5.82 Å². The van der Waals surface area contributed by atoms with E-state index in [-0.39, 0.29) is 17.6 Å². The van der Waals surface area contributed by atoms with Crippen molar-refractivity contribution in [3.63, 3.8) is 0 Å². The Hall–Kier alpha value is -2.40. The lowest BCUT2D eigenvalue weighted by Crippen LogP contribution is -2.26. The summed E-state index contributed by atoms with van der Waals surface area (Å²) in [4.78, 5) is 27.0. The number of likely N-dealkylation sites (N-methyl/N-ethyl adjacent to an activating group) is 1. The van der Waals surface area contributed by atoms with Crippen molar-refractivity contribution in [1.82, 2.24) is 4.90 Å². The second-order valence-corrected chi connectivity index (χ2v) is 5.88. The number of rotatable bonds is 3. The third-order valence-corrected chi connectivity index (χ3v) is 4.43. The molecule has 0 saturated carbocycles. The van der Waals surface area contributed by atoms with Crippen molar-refractivity contribution in [2.75, 3.05) is 7.05 Å². The van der Waals surface area contributed by atoms with Crippen LogP contribution in [0.25, 0.3) is 5.57 Å². The van der Waals surface area contributed by atoms with Crippen molar-refractivity contribution in [1.29, 1.82) is 0 Å². The number of thioether (sulfide) groups is 1. The molecule has 0 unspecified atom stereocenters. The number of hydrogen-bond acceptors (Lipinski definition) is 3. The zero-order valence-electron chi connectivity index (χ0n) is 11.7. The van der Waals surface area contributed by atoms with Crippen LogP contribution in [0.15, 0.2) is 64.4 Å². The summed E-state index contributed by atoms with van der Waals surface area (Å²) in [6, 6.07) is 14.9. The van der Waals surface area contributed by atoms with Gasteiger partial charge in [-0.1, -0.05) is 42.1 Å². The summed E-state index contributed by atoms with van der Waals surface area (Å²) in [6.45, 7) is 0. The van der Waals surface area contributed by atoms with E-state index in [1.807, 2.05) is 30.3 Å². The number of imide groups is 1. The standard InChI is InChI=1S/C17H12FNO2S/c1-19-16(20)14(11-7-9-12(18)10-8-11)15(17(19)21)22-13-5-3-2-4-6-13/h2-10H,1H3. The molecule has 0 aromatic heterocycles. The third kappa shape index (κ3) is 2.55. The van der Waals surface area contributed by atoms with Gasteiger partial charge in [0, 0.05) is 11.9 Å². The van der Waals surface area contributed by atoms with Crippen LogP contribution in [0.1, 0.15) is 5.56 Å². The van der Waals surface area contributed by atoms with E-state index in [4.69, 9.17) is 0 Å². The molecule has 0 radical (unpaired) electrons. The highest BCUT2D eigenvalue weighted by atomic mass is 32.2. The SMILES string of the molecule is CN1C(=O)C(Sc2ccccc2)=C(c2ccc(F)cc2)C1=O. The molecule has 0 N–H and O–H groups in total. The van der Waals surface area contributed by atoms with Crippen LogP contribution in [0.3, 0.4) is 0 Å². The maximum atomic E-state index is 13.1. The molecule has 1 heterocycles. The largest absolute Gasteiger partial charge is 0.277 e. The van der Waals surface area contributed by atoms with Gasteiger partial charge in [0.1, 0.15) is 5.82 Å². The van der Waals surface area contributed by atoms with Gasteiger partial charge in [-0.3, -0.25) is 14.5 Å². The predicted octanol–water partition coefficient (Wildman–Crippen LogP) is 3.33. The summed E-state index contributed by atoms with van der Waals surface area (Å²) < 4.78 is 13.1. The highest BCUT2D eigenvalue weighted by molar-refractivity contribution is 8.04. The van der Waals surface area contributed by atoms with E-state index >= 15 is 0 Å². The lowest BCUT2D eigenvalue weighted by molar-refractivity contribution is -0.134. The minimum Gasteiger partial charge on any atom is -0.277 e. The van der Waals surface area contributed by atoms with Crippen molar-refractivity contribution in [3.05, 3.63) is 70.9 Å². The minimum absolute atomic E-state index is 0.321. The second kappa shape index (κ2) is 5.77. The van der Waals surface area contributed by atoms with E-state index in [1.54, 1.807) is 0 Å². The monoisotopic (exact) mass is 313 g/mol. The van der Waals surface area contributed by atoms with Crippen molar-refractivity contribution < 1.29 is 14.0 Å². The molecule has 3 nitrogen and oxygen atoms in total. The molecule has 2 aromatic carbocycles. The highest BCUT2D eigenvalue weighted by Crippen LogP contribution is 2.38. The average Bonchev–Trinajstić information content (AvgIpc) is 2.74. The fraction of sp³-hybridized carbons (Fsp3) is 0.0588. The lowest BCUT2D eigenvalue weighted by Gasteiger charge is -2.06. The Morgan fingerprint density at radius 3 is 2.18 bits per heavy atom. The second-order valence-electron chi connectivity index (χ2n) is 4.80. The van der Waals surface area contributed by atoms with Crippen molar-refractivity contribution in [2.24, 2.45) is 0 Å². The molecule has 0 saturated heterocycles. The Morgan fingerprint density at radius 1 is 0.909 bits per heavy atom. The molecule has 2 amide bonds. The van der Waals surface area contributed by atoms with Crippen molar-refractivity contribution in [3.8, 4) is 0 Å². The van der Waals surface area contributed by atoms with E-state index in [2.05, 4.69) is 0 Å². The van der Waals surface area contributed by atoms with Gasteiger partial charge in [-0.05, 0) is 29.8 Å². The van der Waals surface area contributed by atoms with Gasteiger partial charge in [0.15, 0.2) is 0 Å². The molecule has 0 bridgehead atoms. The maximum absolute atomic E-state index is 13.1.